The number of halogens is 2. The lowest BCUT2D eigenvalue weighted by atomic mass is 10.0. The number of alkyl halides is 1. The van der Waals surface area contributed by atoms with Gasteiger partial charge in [0, 0.05) is 4.47 Å². The van der Waals surface area contributed by atoms with E-state index >= 15 is 0 Å². The van der Waals surface area contributed by atoms with Crippen LogP contribution in [0, 0.1) is 6.92 Å². The van der Waals surface area contributed by atoms with Gasteiger partial charge in [-0.05, 0) is 30.2 Å². The summed E-state index contributed by atoms with van der Waals surface area (Å²) >= 11 is 10.1. The number of hydrogen-bond acceptors (Lipinski definition) is 1. The molecule has 94 valence electrons. The number of ether oxygens (including phenoxy) is 1. The van der Waals surface area contributed by atoms with Gasteiger partial charge in [-0.25, -0.2) is 0 Å². The number of methoxy groups -OCH3 is 1. The Kier molecular flexibility index (Phi) is 4.31. The van der Waals surface area contributed by atoms with Crippen LogP contribution in [0.15, 0.2) is 46.9 Å². The quantitative estimate of drug-likeness (QED) is 0.714. The Morgan fingerprint density at radius 1 is 1.17 bits per heavy atom. The van der Waals surface area contributed by atoms with E-state index in [1.165, 1.54) is 5.56 Å². The van der Waals surface area contributed by atoms with Crippen molar-refractivity contribution in [3.05, 3.63) is 63.6 Å². The second-order valence-corrected chi connectivity index (χ2v) is 5.45. The van der Waals surface area contributed by atoms with E-state index in [1.807, 2.05) is 30.3 Å². The summed E-state index contributed by atoms with van der Waals surface area (Å²) in [7, 11) is 1.65. The van der Waals surface area contributed by atoms with Gasteiger partial charge in [0.05, 0.1) is 12.5 Å². The molecule has 0 aromatic heterocycles. The summed E-state index contributed by atoms with van der Waals surface area (Å²) in [6, 6.07) is 14.1. The molecule has 1 unspecified atom stereocenters. The lowest BCUT2D eigenvalue weighted by Gasteiger charge is -2.14. The van der Waals surface area contributed by atoms with Crippen LogP contribution in [0.3, 0.4) is 0 Å². The van der Waals surface area contributed by atoms with E-state index in [-0.39, 0.29) is 5.38 Å². The van der Waals surface area contributed by atoms with Crippen molar-refractivity contribution in [1.29, 1.82) is 0 Å². The minimum absolute atomic E-state index is 0.162. The van der Waals surface area contributed by atoms with Gasteiger partial charge >= 0.3 is 0 Å². The Balaban J connectivity index is 2.37. The van der Waals surface area contributed by atoms with E-state index in [2.05, 4.69) is 35.0 Å². The van der Waals surface area contributed by atoms with Crippen LogP contribution in [0.2, 0.25) is 0 Å². The molecule has 1 nitrogen and oxygen atoms in total. The first kappa shape index (κ1) is 13.4. The van der Waals surface area contributed by atoms with Gasteiger partial charge in [0.25, 0.3) is 0 Å². The maximum absolute atomic E-state index is 6.53. The summed E-state index contributed by atoms with van der Waals surface area (Å²) < 4.78 is 6.14. The van der Waals surface area contributed by atoms with Crippen LogP contribution in [0.25, 0.3) is 0 Å². The molecule has 2 aromatic rings. The molecule has 0 heterocycles. The van der Waals surface area contributed by atoms with Gasteiger partial charge in [-0.3, -0.25) is 0 Å². The van der Waals surface area contributed by atoms with Crippen LogP contribution in [0.1, 0.15) is 22.1 Å². The van der Waals surface area contributed by atoms with Gasteiger partial charge < -0.3 is 4.74 Å². The Labute approximate surface area is 121 Å². The maximum atomic E-state index is 6.53. The maximum Gasteiger partial charge on any atom is 0.120 e. The average Bonchev–Trinajstić information content (AvgIpc) is 2.37. The first-order valence-electron chi connectivity index (χ1n) is 5.66. The van der Waals surface area contributed by atoms with E-state index < -0.39 is 0 Å². The van der Waals surface area contributed by atoms with E-state index in [1.54, 1.807) is 7.11 Å². The molecule has 0 amide bonds. The summed E-state index contributed by atoms with van der Waals surface area (Å²) in [5.74, 6) is 0.818. The predicted octanol–water partition coefficient (Wildman–Crippen LogP) is 5.09. The Morgan fingerprint density at radius 3 is 2.56 bits per heavy atom. The molecule has 18 heavy (non-hydrogen) atoms. The molecule has 0 radical (unpaired) electrons. The third-order valence-electron chi connectivity index (χ3n) is 2.82. The van der Waals surface area contributed by atoms with Gasteiger partial charge in [-0.2, -0.15) is 0 Å². The lowest BCUT2D eigenvalue weighted by Crippen LogP contribution is -1.95. The van der Waals surface area contributed by atoms with Crippen LogP contribution in [-0.4, -0.2) is 7.11 Å². The monoisotopic (exact) mass is 324 g/mol. The van der Waals surface area contributed by atoms with Crippen LogP contribution in [0.4, 0.5) is 0 Å². The number of aryl methyl sites for hydroxylation is 1. The topological polar surface area (TPSA) is 9.23 Å². The first-order valence-corrected chi connectivity index (χ1v) is 6.89. The lowest BCUT2D eigenvalue weighted by molar-refractivity contribution is 0.414. The third-order valence-corrected chi connectivity index (χ3v) is 3.99. The molecule has 2 rings (SSSR count). The van der Waals surface area contributed by atoms with Crippen molar-refractivity contribution in [3.8, 4) is 5.75 Å². The predicted molar refractivity (Wildman–Crippen MR) is 79.6 cm³/mol. The Morgan fingerprint density at radius 2 is 1.94 bits per heavy atom. The number of benzene rings is 2. The third kappa shape index (κ3) is 2.88. The van der Waals surface area contributed by atoms with E-state index in [9.17, 15) is 0 Å². The van der Waals surface area contributed by atoms with Crippen molar-refractivity contribution >= 4 is 27.5 Å². The summed E-state index contributed by atoms with van der Waals surface area (Å²) in [5, 5.41) is -0.162. The van der Waals surface area contributed by atoms with E-state index in [4.69, 9.17) is 16.3 Å². The van der Waals surface area contributed by atoms with Crippen molar-refractivity contribution in [2.24, 2.45) is 0 Å². The molecular weight excluding hydrogens is 312 g/mol. The Bertz CT molecular complexity index is 554. The second kappa shape index (κ2) is 5.77. The molecular formula is C15H14BrClO. The molecule has 0 spiro atoms. The van der Waals surface area contributed by atoms with Crippen LogP contribution >= 0.6 is 27.5 Å². The molecule has 0 saturated heterocycles. The largest absolute Gasteiger partial charge is 0.497 e. The van der Waals surface area contributed by atoms with Gasteiger partial charge in [-0.1, -0.05) is 51.8 Å². The molecule has 3 heteroatoms. The Hall–Kier alpha value is -0.990. The standard InChI is InChI=1S/C15H14BrClO/c1-10-4-3-5-11(8-10)15(17)13-7-6-12(18-2)9-14(13)16/h3-9,15H,1-2H3. The van der Waals surface area contributed by atoms with Crippen molar-refractivity contribution < 1.29 is 4.74 Å². The molecule has 0 aliphatic heterocycles. The highest BCUT2D eigenvalue weighted by molar-refractivity contribution is 9.10. The van der Waals surface area contributed by atoms with Crippen molar-refractivity contribution in [3.63, 3.8) is 0 Å². The van der Waals surface area contributed by atoms with E-state index in [0.29, 0.717) is 0 Å². The fourth-order valence-corrected chi connectivity index (χ4v) is 2.89. The highest BCUT2D eigenvalue weighted by atomic mass is 79.9. The van der Waals surface area contributed by atoms with Gasteiger partial charge in [0.1, 0.15) is 5.75 Å². The van der Waals surface area contributed by atoms with Crippen LogP contribution in [-0.2, 0) is 0 Å². The van der Waals surface area contributed by atoms with Crippen LogP contribution in [0.5, 0.6) is 5.75 Å². The minimum Gasteiger partial charge on any atom is -0.497 e. The molecule has 0 saturated carbocycles. The number of rotatable bonds is 3. The molecule has 0 fully saturated rings. The second-order valence-electron chi connectivity index (χ2n) is 4.16. The fraction of sp³-hybridized carbons (Fsp3) is 0.200. The first-order chi connectivity index (χ1) is 8.61. The average molecular weight is 326 g/mol. The summed E-state index contributed by atoms with van der Waals surface area (Å²) in [6.07, 6.45) is 0. The highest BCUT2D eigenvalue weighted by Gasteiger charge is 2.14. The molecule has 0 aliphatic rings. The zero-order valence-electron chi connectivity index (χ0n) is 10.3. The molecule has 0 bridgehead atoms. The zero-order chi connectivity index (χ0) is 13.1. The SMILES string of the molecule is COc1ccc(C(Cl)c2cccc(C)c2)c(Br)c1. The van der Waals surface area contributed by atoms with Crippen molar-refractivity contribution in [2.45, 2.75) is 12.3 Å². The van der Waals surface area contributed by atoms with E-state index in [0.717, 1.165) is 21.3 Å². The fourth-order valence-electron chi connectivity index (χ4n) is 1.85. The van der Waals surface area contributed by atoms with Gasteiger partial charge in [0.15, 0.2) is 0 Å². The highest BCUT2D eigenvalue weighted by Crippen LogP contribution is 2.35. The number of hydrogen-bond donors (Lipinski definition) is 0. The van der Waals surface area contributed by atoms with Crippen molar-refractivity contribution in [1.82, 2.24) is 0 Å². The molecule has 0 aliphatic carbocycles. The zero-order valence-corrected chi connectivity index (χ0v) is 12.6. The molecule has 2 aromatic carbocycles. The summed E-state index contributed by atoms with van der Waals surface area (Å²) in [6.45, 7) is 2.07. The smallest absolute Gasteiger partial charge is 0.120 e. The summed E-state index contributed by atoms with van der Waals surface area (Å²) in [5.41, 5.74) is 3.35. The van der Waals surface area contributed by atoms with Gasteiger partial charge in [0.2, 0.25) is 0 Å². The normalized spacial score (nSPS) is 12.2. The van der Waals surface area contributed by atoms with Gasteiger partial charge in [-0.15, -0.1) is 11.6 Å². The molecule has 1 atom stereocenters. The van der Waals surface area contributed by atoms with Crippen LogP contribution < -0.4 is 4.74 Å². The summed E-state index contributed by atoms with van der Waals surface area (Å²) in [4.78, 5) is 0. The van der Waals surface area contributed by atoms with Crippen molar-refractivity contribution in [2.75, 3.05) is 7.11 Å². The minimum atomic E-state index is -0.162. The molecule has 0 N–H and O–H groups in total.